The first kappa shape index (κ1) is 10.4. The summed E-state index contributed by atoms with van der Waals surface area (Å²) in [7, 11) is 0. The number of halogens is 4. The van der Waals surface area contributed by atoms with E-state index in [1.54, 1.807) is 6.07 Å². The maximum atomic E-state index is 12.2. The summed E-state index contributed by atoms with van der Waals surface area (Å²) in [6.45, 7) is 0. The van der Waals surface area contributed by atoms with Crippen LogP contribution in [0, 0.1) is 11.3 Å². The van der Waals surface area contributed by atoms with Crippen molar-refractivity contribution in [1.82, 2.24) is 4.98 Å². The molecule has 0 aliphatic heterocycles. The van der Waals surface area contributed by atoms with Crippen molar-refractivity contribution in [1.29, 1.82) is 5.26 Å². The third-order valence-electron chi connectivity index (χ3n) is 1.31. The van der Waals surface area contributed by atoms with Gasteiger partial charge in [-0.15, -0.1) is 0 Å². The molecular formula is C7H2BrClF2N2. The molecule has 0 aromatic carbocycles. The molecule has 0 atom stereocenters. The molecule has 0 spiro atoms. The van der Waals surface area contributed by atoms with Crippen molar-refractivity contribution in [2.24, 2.45) is 0 Å². The molecule has 0 amide bonds. The third-order valence-corrected chi connectivity index (χ3v) is 2.74. The highest BCUT2D eigenvalue weighted by Gasteiger charge is 2.17. The Balaban J connectivity index is 3.33. The largest absolute Gasteiger partial charge is 0.281 e. The minimum absolute atomic E-state index is 0.0248. The van der Waals surface area contributed by atoms with Gasteiger partial charge in [0.25, 0.3) is 6.43 Å². The summed E-state index contributed by atoms with van der Waals surface area (Å²) in [6, 6.07) is 1.73. The molecule has 0 radical (unpaired) electrons. The average Bonchev–Trinajstić information content (AvgIpc) is 2.09. The predicted octanol–water partition coefficient (Wildman–Crippen LogP) is 3.31. The Morgan fingerprint density at radius 1 is 1.62 bits per heavy atom. The van der Waals surface area contributed by atoms with E-state index in [0.717, 1.165) is 6.20 Å². The second-order valence-electron chi connectivity index (χ2n) is 2.10. The maximum absolute atomic E-state index is 12.2. The molecule has 1 aromatic heterocycles. The van der Waals surface area contributed by atoms with E-state index in [2.05, 4.69) is 20.9 Å². The molecule has 0 aliphatic carbocycles. The summed E-state index contributed by atoms with van der Waals surface area (Å²) < 4.78 is 24.4. The number of pyridine rings is 1. The Bertz CT molecular complexity index is 375. The first-order chi connectivity index (χ1) is 6.07. The molecule has 2 nitrogen and oxygen atoms in total. The van der Waals surface area contributed by atoms with E-state index in [-0.39, 0.29) is 15.1 Å². The first-order valence-electron chi connectivity index (χ1n) is 3.10. The lowest BCUT2D eigenvalue weighted by molar-refractivity contribution is 0.145. The zero-order valence-electron chi connectivity index (χ0n) is 6.06. The molecule has 0 aliphatic rings. The Kier molecular flexibility index (Phi) is 3.17. The average molecular weight is 267 g/mol. The molecule has 6 heteroatoms. The Labute approximate surface area is 86.3 Å². The van der Waals surface area contributed by atoms with Crippen LogP contribution in [-0.4, -0.2) is 4.98 Å². The fourth-order valence-corrected chi connectivity index (χ4v) is 1.39. The lowest BCUT2D eigenvalue weighted by Gasteiger charge is -2.04. The van der Waals surface area contributed by atoms with Crippen LogP contribution in [0.1, 0.15) is 17.7 Å². The molecule has 13 heavy (non-hydrogen) atoms. The van der Waals surface area contributed by atoms with Crippen LogP contribution in [0.3, 0.4) is 0 Å². The quantitative estimate of drug-likeness (QED) is 0.783. The standard InChI is InChI=1S/C7H2BrClF2N2/c8-4-5(9)3(1-12)2-13-6(4)7(10)11/h2,7H. The van der Waals surface area contributed by atoms with E-state index in [1.165, 1.54) is 0 Å². The maximum Gasteiger partial charge on any atom is 0.281 e. The summed E-state index contributed by atoms with van der Waals surface area (Å²) in [6.07, 6.45) is -1.69. The van der Waals surface area contributed by atoms with Crippen molar-refractivity contribution in [3.05, 3.63) is 26.9 Å². The van der Waals surface area contributed by atoms with Gasteiger partial charge in [0.05, 0.1) is 15.1 Å². The van der Waals surface area contributed by atoms with Crippen molar-refractivity contribution >= 4 is 27.5 Å². The molecule has 0 unspecified atom stereocenters. The fourth-order valence-electron chi connectivity index (χ4n) is 0.708. The number of nitriles is 1. The Hall–Kier alpha value is -0.730. The minimum Gasteiger partial charge on any atom is -0.253 e. The van der Waals surface area contributed by atoms with E-state index >= 15 is 0 Å². The molecule has 0 bridgehead atoms. The highest BCUT2D eigenvalue weighted by atomic mass is 79.9. The van der Waals surface area contributed by atoms with Crippen LogP contribution in [0.4, 0.5) is 8.78 Å². The lowest BCUT2D eigenvalue weighted by atomic mass is 10.2. The number of aromatic nitrogens is 1. The summed E-state index contributed by atoms with van der Waals surface area (Å²) in [5.74, 6) is 0. The van der Waals surface area contributed by atoms with Crippen molar-refractivity contribution in [3.8, 4) is 6.07 Å². The molecule has 68 valence electrons. The van der Waals surface area contributed by atoms with Gasteiger partial charge in [-0.25, -0.2) is 8.78 Å². The van der Waals surface area contributed by atoms with Crippen molar-refractivity contribution in [2.75, 3.05) is 0 Å². The summed E-state index contributed by atoms with van der Waals surface area (Å²) in [5, 5.41) is 8.46. The van der Waals surface area contributed by atoms with E-state index in [1.807, 2.05) is 0 Å². The molecule has 1 rings (SSSR count). The Morgan fingerprint density at radius 2 is 2.23 bits per heavy atom. The van der Waals surface area contributed by atoms with Crippen LogP contribution in [-0.2, 0) is 0 Å². The zero-order valence-corrected chi connectivity index (χ0v) is 8.40. The van der Waals surface area contributed by atoms with Crippen LogP contribution in [0.15, 0.2) is 10.7 Å². The highest BCUT2D eigenvalue weighted by molar-refractivity contribution is 9.10. The number of rotatable bonds is 1. The predicted molar refractivity (Wildman–Crippen MR) is 46.6 cm³/mol. The van der Waals surface area contributed by atoms with Gasteiger partial charge in [0.2, 0.25) is 0 Å². The van der Waals surface area contributed by atoms with Gasteiger partial charge in [-0.1, -0.05) is 11.6 Å². The van der Waals surface area contributed by atoms with Gasteiger partial charge in [-0.05, 0) is 15.9 Å². The van der Waals surface area contributed by atoms with Crippen LogP contribution < -0.4 is 0 Å². The molecule has 0 N–H and O–H groups in total. The highest BCUT2D eigenvalue weighted by Crippen LogP contribution is 2.32. The van der Waals surface area contributed by atoms with E-state index in [0.29, 0.717) is 0 Å². The fraction of sp³-hybridized carbons (Fsp3) is 0.143. The normalized spacial score (nSPS) is 10.2. The van der Waals surface area contributed by atoms with Crippen molar-refractivity contribution < 1.29 is 8.78 Å². The SMILES string of the molecule is N#Cc1cnc(C(F)F)c(Br)c1Cl. The van der Waals surface area contributed by atoms with Crippen LogP contribution in [0.25, 0.3) is 0 Å². The summed E-state index contributed by atoms with van der Waals surface area (Å²) >= 11 is 8.45. The Morgan fingerprint density at radius 3 is 2.69 bits per heavy atom. The molecular weight excluding hydrogens is 265 g/mol. The number of alkyl halides is 2. The van der Waals surface area contributed by atoms with Gasteiger partial charge >= 0.3 is 0 Å². The third kappa shape index (κ3) is 1.95. The number of hydrogen-bond acceptors (Lipinski definition) is 2. The molecule has 0 fully saturated rings. The topological polar surface area (TPSA) is 36.7 Å². The molecule has 1 aromatic rings. The van der Waals surface area contributed by atoms with Gasteiger partial charge in [0.1, 0.15) is 11.8 Å². The number of nitrogens with zero attached hydrogens (tertiary/aromatic N) is 2. The second kappa shape index (κ2) is 3.99. The van der Waals surface area contributed by atoms with Gasteiger partial charge < -0.3 is 0 Å². The minimum atomic E-state index is -2.71. The second-order valence-corrected chi connectivity index (χ2v) is 3.27. The zero-order chi connectivity index (χ0) is 10.0. The van der Waals surface area contributed by atoms with Crippen molar-refractivity contribution in [3.63, 3.8) is 0 Å². The van der Waals surface area contributed by atoms with Crippen LogP contribution in [0.2, 0.25) is 5.02 Å². The first-order valence-corrected chi connectivity index (χ1v) is 4.27. The van der Waals surface area contributed by atoms with E-state index in [4.69, 9.17) is 16.9 Å². The molecule has 0 saturated carbocycles. The van der Waals surface area contributed by atoms with E-state index < -0.39 is 12.1 Å². The van der Waals surface area contributed by atoms with Crippen LogP contribution >= 0.6 is 27.5 Å². The summed E-state index contributed by atoms with van der Waals surface area (Å²) in [4.78, 5) is 3.41. The van der Waals surface area contributed by atoms with Gasteiger partial charge in [-0.3, -0.25) is 4.98 Å². The van der Waals surface area contributed by atoms with Gasteiger partial charge in [0, 0.05) is 6.20 Å². The molecule has 0 saturated heterocycles. The molecule has 1 heterocycles. The van der Waals surface area contributed by atoms with E-state index in [9.17, 15) is 8.78 Å². The van der Waals surface area contributed by atoms with Gasteiger partial charge in [-0.2, -0.15) is 5.26 Å². The lowest BCUT2D eigenvalue weighted by Crippen LogP contribution is -1.94. The van der Waals surface area contributed by atoms with Gasteiger partial charge in [0.15, 0.2) is 0 Å². The smallest absolute Gasteiger partial charge is 0.253 e. The summed E-state index contributed by atoms with van der Waals surface area (Å²) in [5.41, 5.74) is -0.387. The monoisotopic (exact) mass is 266 g/mol. The van der Waals surface area contributed by atoms with Crippen molar-refractivity contribution in [2.45, 2.75) is 6.43 Å². The van der Waals surface area contributed by atoms with Crippen LogP contribution in [0.5, 0.6) is 0 Å². The number of hydrogen-bond donors (Lipinski definition) is 0.